The van der Waals surface area contributed by atoms with E-state index in [9.17, 15) is 4.79 Å². The zero-order chi connectivity index (χ0) is 12.5. The van der Waals surface area contributed by atoms with Gasteiger partial charge >= 0.3 is 0 Å². The van der Waals surface area contributed by atoms with Crippen LogP contribution in [0.25, 0.3) is 0 Å². The van der Waals surface area contributed by atoms with Crippen LogP contribution >= 0.6 is 11.8 Å². The lowest BCUT2D eigenvalue weighted by atomic mass is 10.3. The maximum Gasteiger partial charge on any atom is 0.232 e. The lowest BCUT2D eigenvalue weighted by molar-refractivity contribution is -0.127. The fraction of sp³-hybridized carbons (Fsp3) is 0.500. The monoisotopic (exact) mass is 253 g/mol. The predicted octanol–water partition coefficient (Wildman–Crippen LogP) is 0.993. The van der Waals surface area contributed by atoms with Crippen molar-refractivity contribution in [2.24, 2.45) is 0 Å². The van der Waals surface area contributed by atoms with Crippen molar-refractivity contribution in [2.75, 3.05) is 32.9 Å². The number of nitrogens with zero attached hydrogens (tertiary/aromatic N) is 2. The topological polar surface area (TPSA) is 45.2 Å². The number of thioether (sulfide) groups is 1. The second-order valence-corrected chi connectivity index (χ2v) is 4.76. The summed E-state index contributed by atoms with van der Waals surface area (Å²) in [4.78, 5) is 17.5. The molecule has 0 unspecified atom stereocenters. The van der Waals surface area contributed by atoms with Crippen LogP contribution in [0.1, 0.15) is 5.56 Å². The smallest absolute Gasteiger partial charge is 0.232 e. The summed E-state index contributed by atoms with van der Waals surface area (Å²) in [6.45, 7) is 1.58. The number of carbonyl (C=O) groups is 1. The van der Waals surface area contributed by atoms with E-state index in [1.165, 1.54) is 0 Å². The second-order valence-electron chi connectivity index (χ2n) is 3.77. The lowest BCUT2D eigenvalue weighted by Gasteiger charge is -2.16. The van der Waals surface area contributed by atoms with Crippen LogP contribution in [0, 0.1) is 0 Å². The standard InChI is InChI=1S/C12H19N3OS/c1-13-6-7-15(2)12(16)10-17-9-11-4-3-5-14-8-11/h3-5,8,13H,6-7,9-10H2,1-2H3. The molecule has 1 aromatic rings. The van der Waals surface area contributed by atoms with Gasteiger partial charge in [-0.25, -0.2) is 0 Å². The van der Waals surface area contributed by atoms with Gasteiger partial charge in [0.05, 0.1) is 5.75 Å². The molecule has 1 rings (SSSR count). The zero-order valence-electron chi connectivity index (χ0n) is 10.3. The van der Waals surface area contributed by atoms with Gasteiger partial charge in [-0.05, 0) is 18.7 Å². The van der Waals surface area contributed by atoms with Gasteiger partial charge in [0, 0.05) is 38.3 Å². The summed E-state index contributed by atoms with van der Waals surface area (Å²) in [5, 5.41) is 3.03. The molecule has 94 valence electrons. The van der Waals surface area contributed by atoms with Crippen molar-refractivity contribution in [1.82, 2.24) is 15.2 Å². The molecule has 0 bridgehead atoms. The normalized spacial score (nSPS) is 10.2. The van der Waals surface area contributed by atoms with E-state index in [4.69, 9.17) is 0 Å². The van der Waals surface area contributed by atoms with Crippen molar-refractivity contribution in [3.05, 3.63) is 30.1 Å². The summed E-state index contributed by atoms with van der Waals surface area (Å²) in [7, 11) is 3.72. The van der Waals surface area contributed by atoms with Gasteiger partial charge in [-0.1, -0.05) is 6.07 Å². The van der Waals surface area contributed by atoms with Crippen LogP contribution in [0.5, 0.6) is 0 Å². The number of pyridine rings is 1. The van der Waals surface area contributed by atoms with Gasteiger partial charge in [0.2, 0.25) is 5.91 Å². The van der Waals surface area contributed by atoms with Crippen molar-refractivity contribution < 1.29 is 4.79 Å². The lowest BCUT2D eigenvalue weighted by Crippen LogP contribution is -2.33. The Labute approximate surface area is 107 Å². The molecule has 17 heavy (non-hydrogen) atoms. The van der Waals surface area contributed by atoms with Crippen molar-refractivity contribution in [2.45, 2.75) is 5.75 Å². The Morgan fingerprint density at radius 3 is 3.06 bits per heavy atom. The average molecular weight is 253 g/mol. The number of rotatable bonds is 7. The number of nitrogens with one attached hydrogen (secondary N) is 1. The molecule has 1 amide bonds. The summed E-state index contributed by atoms with van der Waals surface area (Å²) >= 11 is 1.62. The number of hydrogen-bond donors (Lipinski definition) is 1. The number of hydrogen-bond acceptors (Lipinski definition) is 4. The Bertz CT molecular complexity index is 332. The first kappa shape index (κ1) is 14.0. The quantitative estimate of drug-likeness (QED) is 0.787. The number of amides is 1. The third-order valence-corrected chi connectivity index (χ3v) is 3.33. The molecule has 0 fully saturated rings. The zero-order valence-corrected chi connectivity index (χ0v) is 11.2. The van der Waals surface area contributed by atoms with Crippen LogP contribution in [0.3, 0.4) is 0 Å². The van der Waals surface area contributed by atoms with Crippen molar-refractivity contribution in [3.8, 4) is 0 Å². The molecule has 1 aromatic heterocycles. The SMILES string of the molecule is CNCCN(C)C(=O)CSCc1cccnc1. The first-order chi connectivity index (χ1) is 8.24. The van der Waals surface area contributed by atoms with E-state index in [-0.39, 0.29) is 5.91 Å². The fourth-order valence-corrected chi connectivity index (χ4v) is 2.16. The first-order valence-corrected chi connectivity index (χ1v) is 6.74. The molecule has 0 aliphatic carbocycles. The maximum absolute atomic E-state index is 11.7. The highest BCUT2D eigenvalue weighted by atomic mass is 32.2. The van der Waals surface area contributed by atoms with Gasteiger partial charge in [-0.15, -0.1) is 11.8 Å². The number of carbonyl (C=O) groups excluding carboxylic acids is 1. The van der Waals surface area contributed by atoms with E-state index in [1.54, 1.807) is 22.9 Å². The molecule has 0 aliphatic rings. The van der Waals surface area contributed by atoms with Crippen LogP contribution in [-0.2, 0) is 10.5 Å². The predicted molar refractivity (Wildman–Crippen MR) is 72.0 cm³/mol. The molecule has 0 aromatic carbocycles. The fourth-order valence-electron chi connectivity index (χ4n) is 1.25. The molecule has 1 heterocycles. The molecule has 0 radical (unpaired) electrons. The summed E-state index contributed by atoms with van der Waals surface area (Å²) in [5.41, 5.74) is 1.16. The third kappa shape index (κ3) is 5.70. The highest BCUT2D eigenvalue weighted by Crippen LogP contribution is 2.10. The minimum absolute atomic E-state index is 0.175. The van der Waals surface area contributed by atoms with Crippen molar-refractivity contribution >= 4 is 17.7 Å². The van der Waals surface area contributed by atoms with E-state index < -0.39 is 0 Å². The molecular weight excluding hydrogens is 234 g/mol. The molecule has 0 spiro atoms. The summed E-state index contributed by atoms with van der Waals surface area (Å²) < 4.78 is 0. The van der Waals surface area contributed by atoms with Crippen LogP contribution in [0.15, 0.2) is 24.5 Å². The van der Waals surface area contributed by atoms with E-state index in [0.717, 1.165) is 24.4 Å². The average Bonchev–Trinajstić information content (AvgIpc) is 2.37. The van der Waals surface area contributed by atoms with E-state index in [0.29, 0.717) is 5.75 Å². The van der Waals surface area contributed by atoms with Gasteiger partial charge in [0.25, 0.3) is 0 Å². The Morgan fingerprint density at radius 2 is 2.41 bits per heavy atom. The minimum Gasteiger partial charge on any atom is -0.344 e. The largest absolute Gasteiger partial charge is 0.344 e. The molecule has 0 saturated carbocycles. The Hall–Kier alpha value is -1.07. The van der Waals surface area contributed by atoms with Crippen molar-refractivity contribution in [3.63, 3.8) is 0 Å². The van der Waals surface area contributed by atoms with Crippen LogP contribution < -0.4 is 5.32 Å². The molecule has 4 nitrogen and oxygen atoms in total. The summed E-state index contributed by atoms with van der Waals surface area (Å²) in [6.07, 6.45) is 3.59. The highest BCUT2D eigenvalue weighted by molar-refractivity contribution is 7.99. The Kier molecular flexibility index (Phi) is 6.65. The molecular formula is C12H19N3OS. The van der Waals surface area contributed by atoms with E-state index in [1.807, 2.05) is 32.4 Å². The Balaban J connectivity index is 2.20. The number of aromatic nitrogens is 1. The van der Waals surface area contributed by atoms with Gasteiger partial charge < -0.3 is 10.2 Å². The molecule has 0 atom stereocenters. The second kappa shape index (κ2) is 8.08. The van der Waals surface area contributed by atoms with Gasteiger partial charge in [-0.3, -0.25) is 9.78 Å². The highest BCUT2D eigenvalue weighted by Gasteiger charge is 2.07. The van der Waals surface area contributed by atoms with Gasteiger partial charge in [0.1, 0.15) is 0 Å². The van der Waals surface area contributed by atoms with Gasteiger partial charge in [0.15, 0.2) is 0 Å². The van der Waals surface area contributed by atoms with Gasteiger partial charge in [-0.2, -0.15) is 0 Å². The summed E-state index contributed by atoms with van der Waals surface area (Å²) in [6, 6.07) is 3.94. The van der Waals surface area contributed by atoms with Crippen LogP contribution in [-0.4, -0.2) is 48.7 Å². The molecule has 0 saturated heterocycles. The molecule has 0 aliphatic heterocycles. The van der Waals surface area contributed by atoms with Crippen molar-refractivity contribution in [1.29, 1.82) is 0 Å². The van der Waals surface area contributed by atoms with E-state index >= 15 is 0 Å². The van der Waals surface area contributed by atoms with Crippen LogP contribution in [0.4, 0.5) is 0 Å². The molecule has 5 heteroatoms. The minimum atomic E-state index is 0.175. The van der Waals surface area contributed by atoms with Crippen LogP contribution in [0.2, 0.25) is 0 Å². The summed E-state index contributed by atoms with van der Waals surface area (Å²) in [5.74, 6) is 1.53. The number of likely N-dealkylation sites (N-methyl/N-ethyl adjacent to an activating group) is 2. The first-order valence-electron chi connectivity index (χ1n) is 5.59. The molecule has 1 N–H and O–H groups in total. The Morgan fingerprint density at radius 1 is 1.59 bits per heavy atom. The maximum atomic E-state index is 11.7. The third-order valence-electron chi connectivity index (χ3n) is 2.34. The van der Waals surface area contributed by atoms with E-state index in [2.05, 4.69) is 10.3 Å².